The van der Waals surface area contributed by atoms with Gasteiger partial charge in [0.05, 0.1) is 12.2 Å². The van der Waals surface area contributed by atoms with Crippen LogP contribution < -0.4 is 4.90 Å². The van der Waals surface area contributed by atoms with Crippen molar-refractivity contribution in [1.82, 2.24) is 9.97 Å². The van der Waals surface area contributed by atoms with E-state index in [1.807, 2.05) is 4.90 Å². The van der Waals surface area contributed by atoms with Gasteiger partial charge in [-0.05, 0) is 0 Å². The summed E-state index contributed by atoms with van der Waals surface area (Å²) >= 11 is 5.88. The topological polar surface area (TPSA) is 49.2 Å². The lowest BCUT2D eigenvalue weighted by molar-refractivity contribution is 0.281. The number of aliphatic hydroxyl groups excluding tert-OH is 1. The highest BCUT2D eigenvalue weighted by atomic mass is 35.5. The first kappa shape index (κ1) is 12.7. The van der Waals surface area contributed by atoms with Crippen LogP contribution in [-0.4, -0.2) is 28.2 Å². The summed E-state index contributed by atoms with van der Waals surface area (Å²) in [6.45, 7) is 8.36. The van der Waals surface area contributed by atoms with Crippen molar-refractivity contribution in [3.8, 4) is 0 Å². The van der Waals surface area contributed by atoms with Gasteiger partial charge < -0.3 is 10.0 Å². The van der Waals surface area contributed by atoms with E-state index in [4.69, 9.17) is 11.6 Å². The molecule has 1 rings (SSSR count). The molecule has 0 spiro atoms. The SMILES string of the molecule is C=CCN(CC=C)c1ncnc(Cl)c1CO. The second-order valence-corrected chi connectivity index (χ2v) is 3.47. The summed E-state index contributed by atoms with van der Waals surface area (Å²) in [5.74, 6) is 0.613. The Bertz CT molecular complexity index is 371. The monoisotopic (exact) mass is 239 g/mol. The summed E-state index contributed by atoms with van der Waals surface area (Å²) in [6, 6.07) is 0. The number of hydrogen-bond acceptors (Lipinski definition) is 4. The van der Waals surface area contributed by atoms with Crippen molar-refractivity contribution in [3.63, 3.8) is 0 Å². The highest BCUT2D eigenvalue weighted by Gasteiger charge is 2.13. The molecule has 1 aromatic rings. The third kappa shape index (κ3) is 2.81. The van der Waals surface area contributed by atoms with Gasteiger partial charge in [0.15, 0.2) is 0 Å². The lowest BCUT2D eigenvalue weighted by Crippen LogP contribution is -2.25. The maximum atomic E-state index is 9.24. The van der Waals surface area contributed by atoms with E-state index in [0.29, 0.717) is 24.5 Å². The summed E-state index contributed by atoms with van der Waals surface area (Å²) < 4.78 is 0. The van der Waals surface area contributed by atoms with Crippen molar-refractivity contribution in [2.75, 3.05) is 18.0 Å². The van der Waals surface area contributed by atoms with Crippen LogP contribution in [0.4, 0.5) is 5.82 Å². The van der Waals surface area contributed by atoms with Gasteiger partial charge in [-0.2, -0.15) is 0 Å². The highest BCUT2D eigenvalue weighted by molar-refractivity contribution is 6.30. The molecule has 0 aliphatic heterocycles. The molecule has 1 heterocycles. The first-order valence-corrected chi connectivity index (χ1v) is 5.19. The number of nitrogens with zero attached hydrogens (tertiary/aromatic N) is 3. The first-order valence-electron chi connectivity index (χ1n) is 4.81. The Morgan fingerprint density at radius 3 is 2.44 bits per heavy atom. The molecule has 0 aliphatic carbocycles. The lowest BCUT2D eigenvalue weighted by atomic mass is 10.3. The van der Waals surface area contributed by atoms with Gasteiger partial charge in [-0.1, -0.05) is 23.8 Å². The van der Waals surface area contributed by atoms with Crippen molar-refractivity contribution in [2.24, 2.45) is 0 Å². The van der Waals surface area contributed by atoms with Gasteiger partial charge in [0, 0.05) is 13.1 Å². The van der Waals surface area contributed by atoms with Gasteiger partial charge in [0.2, 0.25) is 0 Å². The average molecular weight is 240 g/mol. The summed E-state index contributed by atoms with van der Waals surface area (Å²) in [5, 5.41) is 9.51. The van der Waals surface area contributed by atoms with Gasteiger partial charge in [-0.15, -0.1) is 13.2 Å². The van der Waals surface area contributed by atoms with Crippen LogP contribution in [-0.2, 0) is 6.61 Å². The van der Waals surface area contributed by atoms with E-state index >= 15 is 0 Å². The molecule has 86 valence electrons. The summed E-state index contributed by atoms with van der Waals surface area (Å²) in [7, 11) is 0. The number of hydrogen-bond donors (Lipinski definition) is 1. The van der Waals surface area contributed by atoms with E-state index in [1.54, 1.807) is 12.2 Å². The minimum absolute atomic E-state index is 0.195. The number of rotatable bonds is 6. The van der Waals surface area contributed by atoms with E-state index < -0.39 is 0 Å². The number of aromatic nitrogens is 2. The summed E-state index contributed by atoms with van der Waals surface area (Å²) in [4.78, 5) is 9.85. The van der Waals surface area contributed by atoms with Crippen LogP contribution in [0.25, 0.3) is 0 Å². The fourth-order valence-corrected chi connectivity index (χ4v) is 1.54. The van der Waals surface area contributed by atoms with Crippen LogP contribution in [0.5, 0.6) is 0 Å². The second kappa shape index (κ2) is 6.25. The van der Waals surface area contributed by atoms with Crippen LogP contribution in [0.2, 0.25) is 5.15 Å². The molecule has 4 nitrogen and oxygen atoms in total. The van der Waals surface area contributed by atoms with Crippen LogP contribution in [0.1, 0.15) is 5.56 Å². The highest BCUT2D eigenvalue weighted by Crippen LogP contribution is 2.23. The minimum atomic E-state index is -0.195. The predicted molar refractivity (Wildman–Crippen MR) is 65.6 cm³/mol. The molecule has 0 aromatic carbocycles. The quantitative estimate of drug-likeness (QED) is 0.608. The van der Waals surface area contributed by atoms with Crippen molar-refractivity contribution < 1.29 is 5.11 Å². The minimum Gasteiger partial charge on any atom is -0.391 e. The largest absolute Gasteiger partial charge is 0.391 e. The molecule has 0 saturated heterocycles. The van der Waals surface area contributed by atoms with E-state index in [1.165, 1.54) is 6.33 Å². The zero-order chi connectivity index (χ0) is 12.0. The molecule has 0 radical (unpaired) electrons. The zero-order valence-corrected chi connectivity index (χ0v) is 9.69. The standard InChI is InChI=1S/C11H14ClN3O/c1-3-5-15(6-4-2)11-9(7-16)10(12)13-8-14-11/h3-4,8,16H,1-2,5-7H2. The third-order valence-electron chi connectivity index (χ3n) is 2.03. The molecule has 5 heteroatoms. The molecule has 0 amide bonds. The van der Waals surface area contributed by atoms with Crippen molar-refractivity contribution in [2.45, 2.75) is 6.61 Å². The van der Waals surface area contributed by atoms with Crippen LogP contribution >= 0.6 is 11.6 Å². The second-order valence-electron chi connectivity index (χ2n) is 3.11. The fourth-order valence-electron chi connectivity index (χ4n) is 1.35. The average Bonchev–Trinajstić information content (AvgIpc) is 2.28. The molecule has 16 heavy (non-hydrogen) atoms. The normalized spacial score (nSPS) is 9.88. The van der Waals surface area contributed by atoms with E-state index in [2.05, 4.69) is 23.1 Å². The van der Waals surface area contributed by atoms with Crippen molar-refractivity contribution in [3.05, 3.63) is 42.4 Å². The Kier molecular flexibility index (Phi) is 4.95. The number of anilines is 1. The molecule has 0 atom stereocenters. The molecule has 0 saturated carbocycles. The van der Waals surface area contributed by atoms with Crippen LogP contribution in [0, 0.1) is 0 Å². The zero-order valence-electron chi connectivity index (χ0n) is 8.93. The van der Waals surface area contributed by atoms with E-state index in [9.17, 15) is 5.11 Å². The molecule has 1 aromatic heterocycles. The molecule has 0 aliphatic rings. The molecule has 1 N–H and O–H groups in total. The first-order chi connectivity index (χ1) is 7.74. The number of halogens is 1. The number of aliphatic hydroxyl groups is 1. The molecule has 0 bridgehead atoms. The van der Waals surface area contributed by atoms with Crippen LogP contribution in [0.3, 0.4) is 0 Å². The van der Waals surface area contributed by atoms with Gasteiger partial charge >= 0.3 is 0 Å². The van der Waals surface area contributed by atoms with E-state index in [0.717, 1.165) is 0 Å². The van der Waals surface area contributed by atoms with Gasteiger partial charge in [-0.25, -0.2) is 9.97 Å². The van der Waals surface area contributed by atoms with Crippen molar-refractivity contribution in [1.29, 1.82) is 0 Å². The predicted octanol–water partition coefficient (Wildman–Crippen LogP) is 1.80. The summed E-state index contributed by atoms with van der Waals surface area (Å²) in [5.41, 5.74) is 0.521. The van der Waals surface area contributed by atoms with Gasteiger partial charge in [0.1, 0.15) is 17.3 Å². The Labute approximate surface area is 99.9 Å². The maximum absolute atomic E-state index is 9.24. The Morgan fingerprint density at radius 1 is 1.31 bits per heavy atom. The molecule has 0 fully saturated rings. The van der Waals surface area contributed by atoms with E-state index in [-0.39, 0.29) is 11.8 Å². The van der Waals surface area contributed by atoms with Crippen LogP contribution in [0.15, 0.2) is 31.6 Å². The summed E-state index contributed by atoms with van der Waals surface area (Å²) in [6.07, 6.45) is 4.87. The molecule has 0 unspecified atom stereocenters. The molecular weight excluding hydrogens is 226 g/mol. The lowest BCUT2D eigenvalue weighted by Gasteiger charge is -2.22. The fraction of sp³-hybridized carbons (Fsp3) is 0.273. The Balaban J connectivity index is 3.11. The molecular formula is C11H14ClN3O. The van der Waals surface area contributed by atoms with Gasteiger partial charge in [0.25, 0.3) is 0 Å². The smallest absolute Gasteiger partial charge is 0.140 e. The Hall–Kier alpha value is -1.39. The van der Waals surface area contributed by atoms with Gasteiger partial charge in [-0.3, -0.25) is 0 Å². The Morgan fingerprint density at radius 2 is 1.94 bits per heavy atom. The third-order valence-corrected chi connectivity index (χ3v) is 2.35. The van der Waals surface area contributed by atoms with Crippen molar-refractivity contribution >= 4 is 17.4 Å². The maximum Gasteiger partial charge on any atom is 0.140 e.